The van der Waals surface area contributed by atoms with Crippen molar-refractivity contribution in [2.75, 3.05) is 11.0 Å². The third-order valence-corrected chi connectivity index (χ3v) is 6.50. The molecule has 2 aromatic rings. The molecular weight excluding hydrogens is 400 g/mol. The number of carbonyl (C=O) groups excluding carboxylic acids is 2. The lowest BCUT2D eigenvalue weighted by Gasteiger charge is -2.18. The van der Waals surface area contributed by atoms with Crippen LogP contribution in [0.1, 0.15) is 60.3 Å². The van der Waals surface area contributed by atoms with Gasteiger partial charge in [-0.2, -0.15) is 0 Å². The van der Waals surface area contributed by atoms with Crippen LogP contribution in [-0.2, 0) is 20.2 Å². The van der Waals surface area contributed by atoms with Crippen molar-refractivity contribution in [3.05, 3.63) is 64.7 Å². The zero-order chi connectivity index (χ0) is 22.3. The van der Waals surface area contributed by atoms with Crippen molar-refractivity contribution in [1.29, 1.82) is 0 Å². The van der Waals surface area contributed by atoms with Gasteiger partial charge in [0, 0.05) is 16.9 Å². The van der Waals surface area contributed by atoms with Crippen LogP contribution in [0.4, 0.5) is 5.69 Å². The molecule has 6 nitrogen and oxygen atoms in total. The van der Waals surface area contributed by atoms with Gasteiger partial charge in [-0.05, 0) is 49.9 Å². The first-order chi connectivity index (χ1) is 13.9. The quantitative estimate of drug-likeness (QED) is 0.658. The number of rotatable bonds is 7. The van der Waals surface area contributed by atoms with E-state index in [1.54, 1.807) is 6.07 Å². The second-order valence-electron chi connectivity index (χ2n) is 8.49. The zero-order valence-electron chi connectivity index (χ0n) is 17.9. The molecule has 0 radical (unpaired) electrons. The molecule has 2 N–H and O–H groups in total. The van der Waals surface area contributed by atoms with Gasteiger partial charge in [0.25, 0.3) is 0 Å². The van der Waals surface area contributed by atoms with Crippen LogP contribution in [-0.4, -0.2) is 26.4 Å². The summed E-state index contributed by atoms with van der Waals surface area (Å²) in [5, 5.41) is 3.08. The molecule has 0 bridgehead atoms. The molecule has 0 heterocycles. The average Bonchev–Trinajstić information content (AvgIpc) is 3.35. The number of hydrogen-bond acceptors (Lipinski definition) is 4. The fourth-order valence-corrected chi connectivity index (χ4v) is 4.45. The minimum Gasteiger partial charge on any atom is -0.349 e. The standard InChI is InChI=1S/C23H28N2O4S/c1-14-12-18(8-11-21(14)25-30(5,28)29)15(2)24-22(27)20-13-23(20,4)19-9-6-17(7-10-19)16(3)26/h6-12,15,20,25H,13H2,1-5H3,(H,24,27). The Morgan fingerprint density at radius 1 is 1.13 bits per heavy atom. The van der Waals surface area contributed by atoms with Crippen LogP contribution in [0.2, 0.25) is 0 Å². The number of hydrogen-bond donors (Lipinski definition) is 2. The van der Waals surface area contributed by atoms with Gasteiger partial charge >= 0.3 is 0 Å². The van der Waals surface area contributed by atoms with E-state index in [0.717, 1.165) is 29.4 Å². The van der Waals surface area contributed by atoms with Gasteiger partial charge in [-0.3, -0.25) is 14.3 Å². The van der Waals surface area contributed by atoms with Gasteiger partial charge in [0.1, 0.15) is 0 Å². The molecule has 7 heteroatoms. The molecule has 0 saturated heterocycles. The average molecular weight is 429 g/mol. The van der Waals surface area contributed by atoms with Gasteiger partial charge in [0.2, 0.25) is 15.9 Å². The van der Waals surface area contributed by atoms with E-state index >= 15 is 0 Å². The summed E-state index contributed by atoms with van der Waals surface area (Å²) in [4.78, 5) is 24.3. The highest BCUT2D eigenvalue weighted by molar-refractivity contribution is 7.92. The van der Waals surface area contributed by atoms with Crippen LogP contribution in [0.3, 0.4) is 0 Å². The van der Waals surface area contributed by atoms with Crippen molar-refractivity contribution in [3.8, 4) is 0 Å². The van der Waals surface area contributed by atoms with E-state index in [9.17, 15) is 18.0 Å². The summed E-state index contributed by atoms with van der Waals surface area (Å²) in [5.74, 6) is -0.0919. The Labute approximate surface area is 178 Å². The maximum Gasteiger partial charge on any atom is 0.229 e. The Bertz CT molecular complexity index is 1090. The van der Waals surface area contributed by atoms with E-state index in [0.29, 0.717) is 11.3 Å². The second kappa shape index (κ2) is 7.87. The zero-order valence-corrected chi connectivity index (χ0v) is 18.8. The van der Waals surface area contributed by atoms with Gasteiger partial charge in [-0.15, -0.1) is 0 Å². The lowest BCUT2D eigenvalue weighted by molar-refractivity contribution is -0.123. The summed E-state index contributed by atoms with van der Waals surface area (Å²) in [7, 11) is -3.34. The number of Topliss-reactive ketones (excluding diaryl/α,β-unsaturated/α-hetero) is 1. The molecule has 0 spiro atoms. The first-order valence-corrected chi connectivity index (χ1v) is 11.8. The van der Waals surface area contributed by atoms with Crippen LogP contribution in [0, 0.1) is 12.8 Å². The number of nitrogens with one attached hydrogen (secondary N) is 2. The summed E-state index contributed by atoms with van der Waals surface area (Å²) in [5.41, 5.74) is 3.74. The molecule has 160 valence electrons. The fraction of sp³-hybridized carbons (Fsp3) is 0.391. The lowest BCUT2D eigenvalue weighted by Crippen LogP contribution is -2.30. The minimum absolute atomic E-state index is 0.00312. The fourth-order valence-electron chi connectivity index (χ4n) is 3.82. The molecule has 3 atom stereocenters. The lowest BCUT2D eigenvalue weighted by atomic mass is 9.93. The van der Waals surface area contributed by atoms with E-state index in [1.807, 2.05) is 50.2 Å². The molecule has 30 heavy (non-hydrogen) atoms. The Morgan fingerprint density at radius 3 is 2.30 bits per heavy atom. The third-order valence-electron chi connectivity index (χ3n) is 5.91. The van der Waals surface area contributed by atoms with Crippen LogP contribution in [0.15, 0.2) is 42.5 Å². The number of sulfonamides is 1. The van der Waals surface area contributed by atoms with Crippen molar-refractivity contribution < 1.29 is 18.0 Å². The topological polar surface area (TPSA) is 92.3 Å². The molecule has 1 aliphatic rings. The van der Waals surface area contributed by atoms with Crippen molar-refractivity contribution in [3.63, 3.8) is 0 Å². The summed E-state index contributed by atoms with van der Waals surface area (Å²) >= 11 is 0. The van der Waals surface area contributed by atoms with E-state index in [1.165, 1.54) is 6.92 Å². The van der Waals surface area contributed by atoms with E-state index < -0.39 is 10.0 Å². The maximum atomic E-state index is 12.8. The predicted octanol–water partition coefficient (Wildman–Crippen LogP) is 3.72. The van der Waals surface area contributed by atoms with E-state index in [4.69, 9.17) is 0 Å². The van der Waals surface area contributed by atoms with Crippen molar-refractivity contribution >= 4 is 27.4 Å². The monoisotopic (exact) mass is 428 g/mol. The number of carbonyl (C=O) groups is 2. The number of ketones is 1. The highest BCUT2D eigenvalue weighted by Crippen LogP contribution is 2.54. The van der Waals surface area contributed by atoms with Crippen molar-refractivity contribution in [1.82, 2.24) is 5.32 Å². The summed E-state index contributed by atoms with van der Waals surface area (Å²) in [6.07, 6.45) is 1.88. The number of amides is 1. The second-order valence-corrected chi connectivity index (χ2v) is 10.2. The molecule has 1 fully saturated rings. The van der Waals surface area contributed by atoms with Gasteiger partial charge < -0.3 is 5.32 Å². The highest BCUT2D eigenvalue weighted by Gasteiger charge is 2.55. The molecule has 1 aliphatic carbocycles. The van der Waals surface area contributed by atoms with Crippen LogP contribution in [0.5, 0.6) is 0 Å². The maximum absolute atomic E-state index is 12.8. The van der Waals surface area contributed by atoms with Gasteiger partial charge in [-0.1, -0.05) is 43.3 Å². The molecule has 3 unspecified atom stereocenters. The molecule has 3 rings (SSSR count). The Kier molecular flexibility index (Phi) is 5.78. The Hall–Kier alpha value is -2.67. The van der Waals surface area contributed by atoms with Crippen LogP contribution >= 0.6 is 0 Å². The Balaban J connectivity index is 1.66. The summed E-state index contributed by atoms with van der Waals surface area (Å²) in [6, 6.07) is 12.7. The smallest absolute Gasteiger partial charge is 0.229 e. The highest BCUT2D eigenvalue weighted by atomic mass is 32.2. The van der Waals surface area contributed by atoms with Gasteiger partial charge in [-0.25, -0.2) is 8.42 Å². The normalized spacial score (nSPS) is 21.6. The van der Waals surface area contributed by atoms with Crippen LogP contribution < -0.4 is 10.0 Å². The largest absolute Gasteiger partial charge is 0.349 e. The first-order valence-electron chi connectivity index (χ1n) is 9.91. The molecule has 2 aromatic carbocycles. The molecule has 0 aliphatic heterocycles. The van der Waals surface area contributed by atoms with Crippen molar-refractivity contribution in [2.45, 2.75) is 45.6 Å². The van der Waals surface area contributed by atoms with E-state index in [2.05, 4.69) is 17.0 Å². The molecular formula is C23H28N2O4S. The summed E-state index contributed by atoms with van der Waals surface area (Å²) < 4.78 is 25.4. The summed E-state index contributed by atoms with van der Waals surface area (Å²) in [6.45, 7) is 7.35. The van der Waals surface area contributed by atoms with E-state index in [-0.39, 0.29) is 29.1 Å². The first kappa shape index (κ1) is 22.0. The van der Waals surface area contributed by atoms with Crippen LogP contribution in [0.25, 0.3) is 0 Å². The number of benzene rings is 2. The molecule has 0 aromatic heterocycles. The van der Waals surface area contributed by atoms with Crippen molar-refractivity contribution in [2.24, 2.45) is 5.92 Å². The van der Waals surface area contributed by atoms with Gasteiger partial charge in [0.15, 0.2) is 5.78 Å². The predicted molar refractivity (Wildman–Crippen MR) is 118 cm³/mol. The third kappa shape index (κ3) is 4.73. The number of aryl methyl sites for hydroxylation is 1. The molecule has 1 saturated carbocycles. The van der Waals surface area contributed by atoms with Gasteiger partial charge in [0.05, 0.1) is 18.0 Å². The minimum atomic E-state index is -3.34. The number of anilines is 1. The Morgan fingerprint density at radius 2 is 1.77 bits per heavy atom. The SMILES string of the molecule is CC(=O)c1ccc(C2(C)CC2C(=O)NC(C)c2ccc(NS(C)(=O)=O)c(C)c2)cc1. The molecule has 1 amide bonds.